The zero-order chi connectivity index (χ0) is 13.8. The third-order valence-corrected chi connectivity index (χ3v) is 5.06. The smallest absolute Gasteiger partial charge is 0.161 e. The molecule has 1 atom stereocenters. The van der Waals surface area contributed by atoms with Gasteiger partial charge in [-0.3, -0.25) is 0 Å². The molecule has 110 valence electrons. The fraction of sp³-hybridized carbons (Fsp3) is 0.647. The van der Waals surface area contributed by atoms with Crippen LogP contribution >= 0.6 is 11.6 Å². The Hall–Kier alpha value is -0.890. The van der Waals surface area contributed by atoms with Crippen LogP contribution in [0, 0.1) is 5.92 Å². The number of rotatable bonds is 2. The maximum Gasteiger partial charge on any atom is 0.161 e. The Morgan fingerprint density at radius 3 is 2.30 bits per heavy atom. The summed E-state index contributed by atoms with van der Waals surface area (Å²) in [6.45, 7) is 1.27. The molecule has 2 aliphatic rings. The molecule has 2 nitrogen and oxygen atoms in total. The van der Waals surface area contributed by atoms with Gasteiger partial charge in [-0.05, 0) is 36.5 Å². The molecule has 0 N–H and O–H groups in total. The first-order valence-electron chi connectivity index (χ1n) is 7.88. The molecule has 1 aliphatic carbocycles. The second-order valence-electron chi connectivity index (χ2n) is 5.91. The molecule has 0 saturated heterocycles. The topological polar surface area (TPSA) is 18.5 Å². The fourth-order valence-corrected chi connectivity index (χ4v) is 3.67. The van der Waals surface area contributed by atoms with Crippen molar-refractivity contribution in [1.29, 1.82) is 0 Å². The normalized spacial score (nSPS) is 21.9. The summed E-state index contributed by atoms with van der Waals surface area (Å²) in [5.74, 6) is 2.30. The molecule has 0 amide bonds. The van der Waals surface area contributed by atoms with Crippen molar-refractivity contribution in [3.63, 3.8) is 0 Å². The van der Waals surface area contributed by atoms with Crippen LogP contribution in [0.1, 0.15) is 55.9 Å². The van der Waals surface area contributed by atoms with Crippen LogP contribution in [0.3, 0.4) is 0 Å². The quantitative estimate of drug-likeness (QED) is 0.707. The number of hydrogen-bond acceptors (Lipinski definition) is 2. The van der Waals surface area contributed by atoms with Crippen molar-refractivity contribution >= 4 is 11.6 Å². The number of fused-ring (bicyclic) bond motifs is 1. The fourth-order valence-electron chi connectivity index (χ4n) is 3.28. The van der Waals surface area contributed by atoms with E-state index in [-0.39, 0.29) is 5.38 Å². The summed E-state index contributed by atoms with van der Waals surface area (Å²) in [7, 11) is 0. The molecule has 0 radical (unpaired) electrons. The summed E-state index contributed by atoms with van der Waals surface area (Å²) < 4.78 is 11.2. The minimum atomic E-state index is 0.101. The average molecular weight is 295 g/mol. The third kappa shape index (κ3) is 3.22. The average Bonchev–Trinajstić information content (AvgIpc) is 2.46. The van der Waals surface area contributed by atoms with Crippen LogP contribution in [0.4, 0.5) is 0 Å². The van der Waals surface area contributed by atoms with E-state index >= 15 is 0 Å². The van der Waals surface area contributed by atoms with Gasteiger partial charge in [-0.25, -0.2) is 0 Å². The molecular weight excluding hydrogens is 272 g/mol. The second kappa shape index (κ2) is 6.71. The van der Waals surface area contributed by atoms with Crippen LogP contribution < -0.4 is 9.47 Å². The lowest BCUT2D eigenvalue weighted by Gasteiger charge is -2.26. The Balaban J connectivity index is 1.73. The van der Waals surface area contributed by atoms with Gasteiger partial charge >= 0.3 is 0 Å². The SMILES string of the molecule is ClC(c1ccc2c(c1)OCCO2)C1CCCCCCC1. The molecule has 1 aromatic carbocycles. The van der Waals surface area contributed by atoms with Gasteiger partial charge in [0.1, 0.15) is 13.2 Å². The van der Waals surface area contributed by atoms with Crippen molar-refractivity contribution in [1.82, 2.24) is 0 Å². The van der Waals surface area contributed by atoms with Gasteiger partial charge in [0.05, 0.1) is 5.38 Å². The van der Waals surface area contributed by atoms with Gasteiger partial charge in [0.25, 0.3) is 0 Å². The van der Waals surface area contributed by atoms with Crippen LogP contribution in [0.15, 0.2) is 18.2 Å². The van der Waals surface area contributed by atoms with Gasteiger partial charge in [0.2, 0.25) is 0 Å². The van der Waals surface area contributed by atoms with Gasteiger partial charge in [-0.2, -0.15) is 0 Å². The zero-order valence-corrected chi connectivity index (χ0v) is 12.7. The Labute approximate surface area is 126 Å². The Morgan fingerprint density at radius 2 is 1.55 bits per heavy atom. The Kier molecular flexibility index (Phi) is 4.72. The van der Waals surface area contributed by atoms with Gasteiger partial charge in [-0.1, -0.05) is 38.2 Å². The molecular formula is C17H23ClO2. The molecule has 3 rings (SSSR count). The number of alkyl halides is 1. The van der Waals surface area contributed by atoms with Gasteiger partial charge in [0, 0.05) is 0 Å². The van der Waals surface area contributed by atoms with Gasteiger partial charge in [-0.15, -0.1) is 11.6 Å². The van der Waals surface area contributed by atoms with Crippen molar-refractivity contribution in [3.8, 4) is 11.5 Å². The summed E-state index contributed by atoms with van der Waals surface area (Å²) in [5.41, 5.74) is 1.18. The van der Waals surface area contributed by atoms with Crippen molar-refractivity contribution in [3.05, 3.63) is 23.8 Å². The molecule has 1 unspecified atom stereocenters. The standard InChI is InChI=1S/C17H23ClO2/c18-17(13-6-4-2-1-3-5-7-13)14-8-9-15-16(12-14)20-11-10-19-15/h8-9,12-13,17H,1-7,10-11H2. The first kappa shape index (κ1) is 14.1. The van der Waals surface area contributed by atoms with Crippen molar-refractivity contribution in [2.24, 2.45) is 5.92 Å². The monoisotopic (exact) mass is 294 g/mol. The van der Waals surface area contributed by atoms with E-state index in [1.54, 1.807) is 0 Å². The van der Waals surface area contributed by atoms with Crippen molar-refractivity contribution in [2.75, 3.05) is 13.2 Å². The maximum absolute atomic E-state index is 6.76. The van der Waals surface area contributed by atoms with E-state index in [4.69, 9.17) is 21.1 Å². The molecule has 1 fully saturated rings. The highest BCUT2D eigenvalue weighted by Crippen LogP contribution is 2.40. The Morgan fingerprint density at radius 1 is 0.900 bits per heavy atom. The molecule has 1 saturated carbocycles. The summed E-state index contributed by atoms with van der Waals surface area (Å²) in [6.07, 6.45) is 9.26. The number of benzene rings is 1. The number of ether oxygens (including phenoxy) is 2. The highest BCUT2D eigenvalue weighted by Gasteiger charge is 2.23. The Bertz CT molecular complexity index is 439. The van der Waals surface area contributed by atoms with E-state index in [2.05, 4.69) is 12.1 Å². The minimum absolute atomic E-state index is 0.101. The van der Waals surface area contributed by atoms with Crippen LogP contribution in [-0.2, 0) is 0 Å². The van der Waals surface area contributed by atoms with Crippen LogP contribution in [-0.4, -0.2) is 13.2 Å². The molecule has 0 bridgehead atoms. The lowest BCUT2D eigenvalue weighted by molar-refractivity contribution is 0.171. The summed E-state index contributed by atoms with van der Waals surface area (Å²) >= 11 is 6.76. The van der Waals surface area contributed by atoms with Crippen LogP contribution in [0.2, 0.25) is 0 Å². The van der Waals surface area contributed by atoms with Gasteiger partial charge in [0.15, 0.2) is 11.5 Å². The van der Waals surface area contributed by atoms with Crippen molar-refractivity contribution in [2.45, 2.75) is 50.3 Å². The zero-order valence-electron chi connectivity index (χ0n) is 11.9. The lowest BCUT2D eigenvalue weighted by Crippen LogP contribution is -2.16. The maximum atomic E-state index is 6.76. The second-order valence-corrected chi connectivity index (χ2v) is 6.38. The number of halogens is 1. The van der Waals surface area contributed by atoms with Gasteiger partial charge < -0.3 is 9.47 Å². The molecule has 1 heterocycles. The minimum Gasteiger partial charge on any atom is -0.486 e. The highest BCUT2D eigenvalue weighted by atomic mass is 35.5. The van der Waals surface area contributed by atoms with E-state index in [0.717, 1.165) is 11.5 Å². The third-order valence-electron chi connectivity index (χ3n) is 4.45. The summed E-state index contributed by atoms with van der Waals surface area (Å²) in [4.78, 5) is 0. The summed E-state index contributed by atoms with van der Waals surface area (Å²) in [5, 5.41) is 0.101. The number of hydrogen-bond donors (Lipinski definition) is 0. The first-order chi connectivity index (χ1) is 9.84. The van der Waals surface area contributed by atoms with E-state index < -0.39 is 0 Å². The van der Waals surface area contributed by atoms with Crippen LogP contribution in [0.25, 0.3) is 0 Å². The largest absolute Gasteiger partial charge is 0.486 e. The molecule has 1 aliphatic heterocycles. The molecule has 0 spiro atoms. The van der Waals surface area contributed by atoms with E-state index in [1.807, 2.05) is 6.07 Å². The highest BCUT2D eigenvalue weighted by molar-refractivity contribution is 6.21. The molecule has 20 heavy (non-hydrogen) atoms. The van der Waals surface area contributed by atoms with Crippen molar-refractivity contribution < 1.29 is 9.47 Å². The predicted molar refractivity (Wildman–Crippen MR) is 81.8 cm³/mol. The molecule has 0 aromatic heterocycles. The van der Waals surface area contributed by atoms with E-state index in [1.165, 1.54) is 50.5 Å². The van der Waals surface area contributed by atoms with E-state index in [9.17, 15) is 0 Å². The predicted octanol–water partition coefficient (Wildman–Crippen LogP) is 5.10. The molecule has 1 aromatic rings. The first-order valence-corrected chi connectivity index (χ1v) is 8.32. The molecule has 3 heteroatoms. The lowest BCUT2D eigenvalue weighted by atomic mass is 9.86. The summed E-state index contributed by atoms with van der Waals surface area (Å²) in [6, 6.07) is 6.18. The van der Waals surface area contributed by atoms with Crippen LogP contribution in [0.5, 0.6) is 11.5 Å². The van der Waals surface area contributed by atoms with E-state index in [0.29, 0.717) is 19.1 Å².